The van der Waals surface area contributed by atoms with Crippen molar-refractivity contribution in [2.45, 2.75) is 11.8 Å². The first-order valence-electron chi connectivity index (χ1n) is 23.0. The molecule has 68 heavy (non-hydrogen) atoms. The van der Waals surface area contributed by atoms with Crippen LogP contribution in [0.5, 0.6) is 0 Å². The lowest BCUT2D eigenvalue weighted by atomic mass is 9.61. The zero-order chi connectivity index (χ0) is 45.0. The van der Waals surface area contributed by atoms with E-state index in [0.717, 1.165) is 78.4 Å². The Morgan fingerprint density at radius 3 is 1.04 bits per heavy atom. The van der Waals surface area contributed by atoms with Gasteiger partial charge in [-0.3, -0.25) is 9.97 Å². The molecule has 318 valence electrons. The van der Waals surface area contributed by atoms with Gasteiger partial charge in [-0.25, -0.2) is 19.9 Å². The molecule has 6 heteroatoms. The van der Waals surface area contributed by atoms with Crippen LogP contribution in [-0.4, -0.2) is 29.9 Å². The topological polar surface area (TPSA) is 77.3 Å². The van der Waals surface area contributed by atoms with Crippen LogP contribution < -0.4 is 0 Å². The number of pyridine rings is 2. The third-order valence-corrected chi connectivity index (χ3v) is 13.5. The monoisotopic (exact) mass is 868 g/mol. The van der Waals surface area contributed by atoms with Gasteiger partial charge in [0.05, 0.1) is 22.8 Å². The quantitative estimate of drug-likeness (QED) is 0.151. The van der Waals surface area contributed by atoms with E-state index in [1.165, 1.54) is 33.4 Å². The molecule has 2 unspecified atom stereocenters. The number of hydrogen-bond donors (Lipinski definition) is 0. The smallest absolute Gasteiger partial charge is 0.160 e. The van der Waals surface area contributed by atoms with Crippen LogP contribution >= 0.6 is 0 Å². The van der Waals surface area contributed by atoms with E-state index >= 15 is 0 Å². The van der Waals surface area contributed by atoms with Crippen LogP contribution in [-0.2, 0) is 0 Å². The molecular weight excluding hydrogens is 829 g/mol. The van der Waals surface area contributed by atoms with E-state index in [4.69, 9.17) is 19.9 Å². The van der Waals surface area contributed by atoms with Crippen LogP contribution in [0.4, 0.5) is 0 Å². The van der Waals surface area contributed by atoms with Crippen molar-refractivity contribution in [2.24, 2.45) is 0 Å². The first-order chi connectivity index (χ1) is 33.7. The van der Waals surface area contributed by atoms with E-state index in [0.29, 0.717) is 11.6 Å². The fourth-order valence-corrected chi connectivity index (χ4v) is 10.4. The summed E-state index contributed by atoms with van der Waals surface area (Å²) in [4.78, 5) is 30.2. The highest BCUT2D eigenvalue weighted by Crippen LogP contribution is 2.56. The van der Waals surface area contributed by atoms with E-state index < -0.39 is 0 Å². The Balaban J connectivity index is 0.943. The van der Waals surface area contributed by atoms with Gasteiger partial charge in [-0.05, 0) is 80.9 Å². The average Bonchev–Trinajstić information content (AvgIpc) is 3.43. The summed E-state index contributed by atoms with van der Waals surface area (Å²) in [5.74, 6) is 1.42. The Bertz CT molecular complexity index is 3440. The van der Waals surface area contributed by atoms with E-state index in [2.05, 4.69) is 192 Å². The Hall–Kier alpha value is -9.00. The molecule has 2 bridgehead atoms. The molecule has 6 nitrogen and oxygen atoms in total. The Kier molecular flexibility index (Phi) is 9.53. The third kappa shape index (κ3) is 6.81. The van der Waals surface area contributed by atoms with Gasteiger partial charge in [0, 0.05) is 81.1 Å². The minimum Gasteiger partial charge on any atom is -0.264 e. The Labute approximate surface area is 394 Å². The second-order valence-electron chi connectivity index (χ2n) is 17.4. The van der Waals surface area contributed by atoms with Crippen molar-refractivity contribution in [3.8, 4) is 90.1 Å². The van der Waals surface area contributed by atoms with Crippen LogP contribution in [0.2, 0.25) is 0 Å². The van der Waals surface area contributed by atoms with Crippen molar-refractivity contribution in [3.05, 3.63) is 264 Å². The molecule has 0 aliphatic heterocycles. The van der Waals surface area contributed by atoms with E-state index in [1.807, 2.05) is 49.1 Å². The molecule has 3 aliphatic carbocycles. The lowest BCUT2D eigenvalue weighted by Gasteiger charge is -2.42. The summed E-state index contributed by atoms with van der Waals surface area (Å²) < 4.78 is 0. The zero-order valence-electron chi connectivity index (χ0n) is 36.8. The Morgan fingerprint density at radius 1 is 0.250 bits per heavy atom. The molecule has 7 aromatic carbocycles. The van der Waals surface area contributed by atoms with Crippen LogP contribution in [0, 0.1) is 0 Å². The molecule has 0 saturated carbocycles. The van der Waals surface area contributed by atoms with Gasteiger partial charge in [0.15, 0.2) is 11.6 Å². The molecule has 0 spiro atoms. The molecule has 14 rings (SSSR count). The van der Waals surface area contributed by atoms with Gasteiger partial charge in [0.25, 0.3) is 0 Å². The molecule has 3 aliphatic rings. The SMILES string of the molecule is c1ccc(-c2cc(-c3ccccc3-c3cccnc3)nc(-c3ccc4c(c3)C3c5ccccc5C4c4cc(-c5nc(-c6ccccc6)cc(-c6ccccc6-c6cccnc6)n5)ccc43)n2)cc1. The second-order valence-corrected chi connectivity index (χ2v) is 17.4. The van der Waals surface area contributed by atoms with Gasteiger partial charge in [-0.2, -0.15) is 0 Å². The molecule has 0 radical (unpaired) electrons. The summed E-state index contributed by atoms with van der Waals surface area (Å²) in [6.07, 6.45) is 7.43. The highest BCUT2D eigenvalue weighted by Gasteiger charge is 2.41. The second kappa shape index (κ2) is 16.5. The maximum Gasteiger partial charge on any atom is 0.160 e. The number of hydrogen-bond acceptors (Lipinski definition) is 6. The van der Waals surface area contributed by atoms with Gasteiger partial charge >= 0.3 is 0 Å². The van der Waals surface area contributed by atoms with Crippen molar-refractivity contribution in [1.82, 2.24) is 29.9 Å². The first kappa shape index (κ1) is 39.4. The van der Waals surface area contributed by atoms with E-state index in [9.17, 15) is 0 Å². The molecule has 0 fully saturated rings. The lowest BCUT2D eigenvalue weighted by Crippen LogP contribution is -2.27. The zero-order valence-corrected chi connectivity index (χ0v) is 36.8. The third-order valence-electron chi connectivity index (χ3n) is 13.5. The summed E-state index contributed by atoms with van der Waals surface area (Å²) in [5.41, 5.74) is 21.6. The molecule has 0 N–H and O–H groups in total. The molecule has 4 heterocycles. The number of nitrogens with zero attached hydrogens (tertiary/aromatic N) is 6. The van der Waals surface area contributed by atoms with Crippen LogP contribution in [0.3, 0.4) is 0 Å². The summed E-state index contributed by atoms with van der Waals surface area (Å²) in [6.45, 7) is 0. The maximum atomic E-state index is 5.36. The Morgan fingerprint density at radius 2 is 0.618 bits per heavy atom. The average molecular weight is 869 g/mol. The van der Waals surface area contributed by atoms with Crippen molar-refractivity contribution < 1.29 is 0 Å². The van der Waals surface area contributed by atoms with Gasteiger partial charge < -0.3 is 0 Å². The van der Waals surface area contributed by atoms with Gasteiger partial charge in [0.2, 0.25) is 0 Å². The van der Waals surface area contributed by atoms with Crippen molar-refractivity contribution in [3.63, 3.8) is 0 Å². The summed E-state index contributed by atoms with van der Waals surface area (Å²) in [7, 11) is 0. The largest absolute Gasteiger partial charge is 0.264 e. The summed E-state index contributed by atoms with van der Waals surface area (Å²) in [5, 5.41) is 0. The van der Waals surface area contributed by atoms with Gasteiger partial charge in [-0.15, -0.1) is 0 Å². The van der Waals surface area contributed by atoms with E-state index in [-0.39, 0.29) is 11.8 Å². The first-order valence-corrected chi connectivity index (χ1v) is 23.0. The van der Waals surface area contributed by atoms with Crippen LogP contribution in [0.15, 0.2) is 231 Å². The normalized spacial score (nSPS) is 14.2. The number of rotatable bonds is 8. The molecule has 4 aromatic heterocycles. The number of aromatic nitrogens is 6. The predicted molar refractivity (Wildman–Crippen MR) is 271 cm³/mol. The predicted octanol–water partition coefficient (Wildman–Crippen LogP) is 14.4. The molecule has 11 aromatic rings. The lowest BCUT2D eigenvalue weighted by molar-refractivity contribution is 0.754. The fraction of sp³-hybridized carbons (Fsp3) is 0.0323. The highest BCUT2D eigenvalue weighted by molar-refractivity contribution is 5.86. The van der Waals surface area contributed by atoms with Crippen LogP contribution in [0.25, 0.3) is 90.1 Å². The minimum absolute atomic E-state index is 0.0248. The van der Waals surface area contributed by atoms with Crippen LogP contribution in [0.1, 0.15) is 45.2 Å². The van der Waals surface area contributed by atoms with E-state index in [1.54, 1.807) is 0 Å². The molecule has 0 saturated heterocycles. The highest BCUT2D eigenvalue weighted by atomic mass is 14.9. The van der Waals surface area contributed by atoms with Gasteiger partial charge in [0.1, 0.15) is 0 Å². The molecule has 2 atom stereocenters. The van der Waals surface area contributed by atoms with Crippen molar-refractivity contribution in [2.75, 3.05) is 0 Å². The van der Waals surface area contributed by atoms with Gasteiger partial charge in [-0.1, -0.05) is 170 Å². The van der Waals surface area contributed by atoms with Crippen molar-refractivity contribution in [1.29, 1.82) is 0 Å². The maximum absolute atomic E-state index is 5.36. The molecular formula is C62H40N6. The fourth-order valence-electron chi connectivity index (χ4n) is 10.4. The molecule has 0 amide bonds. The van der Waals surface area contributed by atoms with Crippen molar-refractivity contribution >= 4 is 0 Å². The summed E-state index contributed by atoms with van der Waals surface area (Å²) >= 11 is 0. The summed E-state index contributed by atoms with van der Waals surface area (Å²) in [6, 6.07) is 72.7. The number of benzene rings is 7. The standard InChI is InChI=1S/C62H40N6/c1-3-15-39(16-4-1)55-35-57(47-23-9-7-21-45(47)43-19-13-31-63-37-43)67-61(65-55)41-27-29-51-53(33-41)59-49-25-11-12-26-50(49)60(51)54-34-42(28-30-52(54)59)62-66-56(40-17-5-2-6-18-40)36-58(68-62)48-24-10-8-22-46(48)44-20-14-32-64-38-44/h1-38,59-60H. The minimum atomic E-state index is 0.0248.